The maximum atomic E-state index is 10.1. The molecule has 0 unspecified atom stereocenters. The van der Waals surface area contributed by atoms with Gasteiger partial charge < -0.3 is 10.4 Å². The van der Waals surface area contributed by atoms with Gasteiger partial charge in [0.25, 0.3) is 0 Å². The minimum absolute atomic E-state index is 0.157. The number of aliphatic carboxylic acids is 1. The van der Waals surface area contributed by atoms with Crippen LogP contribution in [0.1, 0.15) is 12.1 Å². The maximum Gasteiger partial charge on any atom is 0.304 e. The average Bonchev–Trinajstić information content (AvgIpc) is 2.49. The van der Waals surface area contributed by atoms with E-state index < -0.39 is 5.97 Å². The molecule has 0 aliphatic heterocycles. The molecular formula is C7H10N2O2S. The Morgan fingerprint density at radius 1 is 1.75 bits per heavy atom. The van der Waals surface area contributed by atoms with Crippen molar-refractivity contribution < 1.29 is 9.90 Å². The van der Waals surface area contributed by atoms with E-state index in [9.17, 15) is 4.79 Å². The summed E-state index contributed by atoms with van der Waals surface area (Å²) in [7, 11) is 0. The van der Waals surface area contributed by atoms with E-state index in [2.05, 4.69) is 10.3 Å². The topological polar surface area (TPSA) is 62.2 Å². The molecule has 0 aromatic carbocycles. The number of rotatable bonds is 5. The Bertz CT molecular complexity index is 236. The van der Waals surface area contributed by atoms with E-state index in [4.69, 9.17) is 5.11 Å². The highest BCUT2D eigenvalue weighted by Gasteiger charge is 1.96. The summed E-state index contributed by atoms with van der Waals surface area (Å²) in [5, 5.41) is 13.2. The predicted octanol–water partition coefficient (Wildman–Crippen LogP) is 0.707. The molecular weight excluding hydrogens is 176 g/mol. The quantitative estimate of drug-likeness (QED) is 0.665. The molecule has 1 heterocycles. The van der Waals surface area contributed by atoms with Crippen LogP contribution in [0.4, 0.5) is 0 Å². The molecule has 0 saturated carbocycles. The van der Waals surface area contributed by atoms with Gasteiger partial charge in [0.15, 0.2) is 0 Å². The first-order valence-electron chi connectivity index (χ1n) is 3.58. The lowest BCUT2D eigenvalue weighted by molar-refractivity contribution is -0.136. The summed E-state index contributed by atoms with van der Waals surface area (Å²) in [5.74, 6) is -0.777. The van der Waals surface area contributed by atoms with Crippen molar-refractivity contribution in [3.63, 3.8) is 0 Å². The normalized spacial score (nSPS) is 10.0. The van der Waals surface area contributed by atoms with Crippen molar-refractivity contribution in [1.82, 2.24) is 10.3 Å². The fourth-order valence-electron chi connectivity index (χ4n) is 0.737. The SMILES string of the molecule is O=C(O)CCNCc1cscn1. The molecule has 0 amide bonds. The van der Waals surface area contributed by atoms with Crippen molar-refractivity contribution in [3.05, 3.63) is 16.6 Å². The van der Waals surface area contributed by atoms with Gasteiger partial charge in [0.2, 0.25) is 0 Å². The lowest BCUT2D eigenvalue weighted by atomic mass is 10.4. The molecule has 4 nitrogen and oxygen atoms in total. The van der Waals surface area contributed by atoms with Gasteiger partial charge >= 0.3 is 5.97 Å². The lowest BCUT2D eigenvalue weighted by Gasteiger charge is -1.98. The lowest BCUT2D eigenvalue weighted by Crippen LogP contribution is -2.17. The molecule has 1 rings (SSSR count). The van der Waals surface area contributed by atoms with Crippen LogP contribution in [-0.4, -0.2) is 22.6 Å². The molecule has 0 aliphatic carbocycles. The van der Waals surface area contributed by atoms with Crippen LogP contribution in [0.5, 0.6) is 0 Å². The molecule has 0 saturated heterocycles. The molecule has 0 atom stereocenters. The zero-order valence-electron chi connectivity index (χ0n) is 6.49. The first-order valence-corrected chi connectivity index (χ1v) is 4.53. The van der Waals surface area contributed by atoms with E-state index in [1.807, 2.05) is 5.38 Å². The number of hydrogen-bond acceptors (Lipinski definition) is 4. The van der Waals surface area contributed by atoms with Gasteiger partial charge in [-0.2, -0.15) is 0 Å². The standard InChI is InChI=1S/C7H10N2O2S/c10-7(11)1-2-8-3-6-4-12-5-9-6/h4-5,8H,1-3H2,(H,10,11). The minimum Gasteiger partial charge on any atom is -0.481 e. The summed E-state index contributed by atoms with van der Waals surface area (Å²) in [6, 6.07) is 0. The van der Waals surface area contributed by atoms with Crippen molar-refractivity contribution in [2.24, 2.45) is 0 Å². The number of nitrogens with zero attached hydrogens (tertiary/aromatic N) is 1. The van der Waals surface area contributed by atoms with E-state index in [1.165, 1.54) is 11.3 Å². The molecule has 0 radical (unpaired) electrons. The van der Waals surface area contributed by atoms with E-state index in [0.717, 1.165) is 5.69 Å². The second kappa shape index (κ2) is 4.84. The second-order valence-electron chi connectivity index (χ2n) is 2.30. The summed E-state index contributed by atoms with van der Waals surface area (Å²) in [5.41, 5.74) is 2.72. The van der Waals surface area contributed by atoms with Crippen LogP contribution in [-0.2, 0) is 11.3 Å². The van der Waals surface area contributed by atoms with Crippen LogP contribution in [0.25, 0.3) is 0 Å². The first kappa shape index (κ1) is 9.15. The van der Waals surface area contributed by atoms with Crippen LogP contribution in [0.2, 0.25) is 0 Å². The molecule has 1 aromatic heterocycles. The van der Waals surface area contributed by atoms with E-state index in [-0.39, 0.29) is 6.42 Å². The average molecular weight is 186 g/mol. The van der Waals surface area contributed by atoms with Gasteiger partial charge in [0.1, 0.15) is 0 Å². The van der Waals surface area contributed by atoms with Crippen LogP contribution in [0, 0.1) is 0 Å². The minimum atomic E-state index is -0.777. The molecule has 0 spiro atoms. The van der Waals surface area contributed by atoms with Gasteiger partial charge in [0.05, 0.1) is 17.6 Å². The Balaban J connectivity index is 2.07. The predicted molar refractivity (Wildman–Crippen MR) is 46.1 cm³/mol. The Morgan fingerprint density at radius 2 is 2.58 bits per heavy atom. The molecule has 12 heavy (non-hydrogen) atoms. The van der Waals surface area contributed by atoms with Crippen LogP contribution < -0.4 is 5.32 Å². The fourth-order valence-corrected chi connectivity index (χ4v) is 1.29. The summed E-state index contributed by atoms with van der Waals surface area (Å²) in [6.45, 7) is 1.14. The number of carbonyl (C=O) groups is 1. The van der Waals surface area contributed by atoms with Gasteiger partial charge in [-0.1, -0.05) is 0 Å². The van der Waals surface area contributed by atoms with Gasteiger partial charge in [-0.05, 0) is 0 Å². The Hall–Kier alpha value is -0.940. The van der Waals surface area contributed by atoms with Crippen molar-refractivity contribution in [2.75, 3.05) is 6.54 Å². The van der Waals surface area contributed by atoms with E-state index in [1.54, 1.807) is 5.51 Å². The molecule has 0 fully saturated rings. The molecule has 0 aliphatic rings. The number of carboxylic acids is 1. The smallest absolute Gasteiger partial charge is 0.304 e. The highest BCUT2D eigenvalue weighted by molar-refractivity contribution is 7.07. The molecule has 0 bridgehead atoms. The Morgan fingerprint density at radius 3 is 3.17 bits per heavy atom. The third-order valence-electron chi connectivity index (χ3n) is 1.31. The van der Waals surface area contributed by atoms with E-state index in [0.29, 0.717) is 13.1 Å². The summed E-state index contributed by atoms with van der Waals surface area (Å²) in [4.78, 5) is 14.1. The highest BCUT2D eigenvalue weighted by Crippen LogP contribution is 1.99. The fraction of sp³-hybridized carbons (Fsp3) is 0.429. The van der Waals surface area contributed by atoms with Crippen molar-refractivity contribution >= 4 is 17.3 Å². The molecule has 66 valence electrons. The Labute approximate surface area is 74.3 Å². The number of hydrogen-bond donors (Lipinski definition) is 2. The molecule has 5 heteroatoms. The summed E-state index contributed by atoms with van der Waals surface area (Å²) in [6.07, 6.45) is 0.157. The van der Waals surface area contributed by atoms with Crippen molar-refractivity contribution in [1.29, 1.82) is 0 Å². The number of thiazole rings is 1. The van der Waals surface area contributed by atoms with E-state index >= 15 is 0 Å². The van der Waals surface area contributed by atoms with Crippen molar-refractivity contribution in [2.45, 2.75) is 13.0 Å². The third kappa shape index (κ3) is 3.45. The number of aromatic nitrogens is 1. The third-order valence-corrected chi connectivity index (χ3v) is 1.94. The van der Waals surface area contributed by atoms with Crippen LogP contribution in [0.3, 0.4) is 0 Å². The Kier molecular flexibility index (Phi) is 3.69. The van der Waals surface area contributed by atoms with Gasteiger partial charge in [0, 0.05) is 18.5 Å². The zero-order valence-corrected chi connectivity index (χ0v) is 7.30. The van der Waals surface area contributed by atoms with Gasteiger partial charge in [-0.25, -0.2) is 4.98 Å². The first-order chi connectivity index (χ1) is 5.79. The largest absolute Gasteiger partial charge is 0.481 e. The van der Waals surface area contributed by atoms with Gasteiger partial charge in [-0.15, -0.1) is 11.3 Å². The number of carboxylic acid groups (broad SMARTS) is 1. The number of nitrogens with one attached hydrogen (secondary N) is 1. The molecule has 2 N–H and O–H groups in total. The van der Waals surface area contributed by atoms with Crippen molar-refractivity contribution in [3.8, 4) is 0 Å². The van der Waals surface area contributed by atoms with Crippen LogP contribution >= 0.6 is 11.3 Å². The zero-order chi connectivity index (χ0) is 8.81. The second-order valence-corrected chi connectivity index (χ2v) is 3.02. The van der Waals surface area contributed by atoms with Crippen LogP contribution in [0.15, 0.2) is 10.9 Å². The molecule has 1 aromatic rings. The highest BCUT2D eigenvalue weighted by atomic mass is 32.1. The van der Waals surface area contributed by atoms with Gasteiger partial charge in [-0.3, -0.25) is 4.79 Å². The maximum absolute atomic E-state index is 10.1. The summed E-state index contributed by atoms with van der Waals surface area (Å²) < 4.78 is 0. The monoisotopic (exact) mass is 186 g/mol. The summed E-state index contributed by atoms with van der Waals surface area (Å²) >= 11 is 1.54.